The predicted molar refractivity (Wildman–Crippen MR) is 62.6 cm³/mol. The second kappa shape index (κ2) is 6.24. The number of thiophene rings is 1. The van der Waals surface area contributed by atoms with Crippen LogP contribution in [0.3, 0.4) is 0 Å². The number of anilines is 1. The van der Waals surface area contributed by atoms with Crippen LogP contribution in [0.2, 0.25) is 0 Å². The molecule has 1 aromatic rings. The van der Waals surface area contributed by atoms with Gasteiger partial charge in [-0.3, -0.25) is 4.79 Å². The summed E-state index contributed by atoms with van der Waals surface area (Å²) in [7, 11) is 1.31. The minimum atomic E-state index is -0.441. The van der Waals surface area contributed by atoms with Crippen molar-refractivity contribution in [1.29, 1.82) is 0 Å². The normalized spacial score (nSPS) is 9.88. The molecule has 0 aliphatic heterocycles. The summed E-state index contributed by atoms with van der Waals surface area (Å²) in [6.45, 7) is 0.473. The molecule has 0 saturated heterocycles. The quantitative estimate of drug-likeness (QED) is 0.760. The third kappa shape index (κ3) is 3.32. The smallest absolute Gasteiger partial charge is 0.350 e. The highest BCUT2D eigenvalue weighted by Crippen LogP contribution is 2.23. The monoisotopic (exact) mass is 242 g/mol. The first-order valence-electron chi connectivity index (χ1n) is 4.84. The van der Waals surface area contributed by atoms with E-state index < -0.39 is 5.97 Å². The second-order valence-corrected chi connectivity index (χ2v) is 4.01. The number of esters is 1. The van der Waals surface area contributed by atoms with Gasteiger partial charge in [0, 0.05) is 6.42 Å². The highest BCUT2D eigenvalue weighted by Gasteiger charge is 2.14. The predicted octanol–water partition coefficient (Wildman–Crippen LogP) is 1.21. The molecule has 3 N–H and O–H groups in total. The first kappa shape index (κ1) is 12.7. The van der Waals surface area contributed by atoms with Crippen molar-refractivity contribution in [2.24, 2.45) is 5.73 Å². The molecule has 0 aromatic carbocycles. The maximum absolute atomic E-state index is 11.4. The van der Waals surface area contributed by atoms with Crippen LogP contribution in [0, 0.1) is 0 Å². The fraction of sp³-hybridized carbons (Fsp3) is 0.400. The molecular weight excluding hydrogens is 228 g/mol. The average Bonchev–Trinajstić information content (AvgIpc) is 2.73. The highest BCUT2D eigenvalue weighted by molar-refractivity contribution is 7.12. The number of hydrogen-bond donors (Lipinski definition) is 2. The van der Waals surface area contributed by atoms with Crippen molar-refractivity contribution >= 4 is 28.9 Å². The lowest BCUT2D eigenvalue weighted by atomic mass is 10.3. The zero-order chi connectivity index (χ0) is 12.0. The van der Waals surface area contributed by atoms with Crippen LogP contribution in [0.4, 0.5) is 5.69 Å². The molecule has 0 aliphatic rings. The third-order valence-corrected chi connectivity index (χ3v) is 2.81. The van der Waals surface area contributed by atoms with Crippen molar-refractivity contribution in [1.82, 2.24) is 0 Å². The van der Waals surface area contributed by atoms with E-state index >= 15 is 0 Å². The van der Waals surface area contributed by atoms with Crippen LogP contribution >= 0.6 is 11.3 Å². The Morgan fingerprint density at radius 3 is 2.94 bits per heavy atom. The van der Waals surface area contributed by atoms with Crippen molar-refractivity contribution in [3.8, 4) is 0 Å². The zero-order valence-corrected chi connectivity index (χ0v) is 9.80. The Bertz CT molecular complexity index is 376. The number of carbonyl (C=O) groups excluding carboxylic acids is 2. The van der Waals surface area contributed by atoms with E-state index in [1.54, 1.807) is 11.4 Å². The lowest BCUT2D eigenvalue weighted by molar-refractivity contribution is -0.116. The number of methoxy groups -OCH3 is 1. The molecule has 16 heavy (non-hydrogen) atoms. The largest absolute Gasteiger partial charge is 0.465 e. The van der Waals surface area contributed by atoms with E-state index in [0.29, 0.717) is 30.0 Å². The van der Waals surface area contributed by atoms with Crippen LogP contribution in [0.25, 0.3) is 0 Å². The molecule has 1 amide bonds. The number of nitrogens with two attached hydrogens (primary N) is 1. The molecule has 0 unspecified atom stereocenters. The van der Waals surface area contributed by atoms with Crippen molar-refractivity contribution in [2.45, 2.75) is 12.8 Å². The standard InChI is InChI=1S/C10H14N2O3S/c1-15-10(14)9-7(4-6-16-9)12-8(13)3-2-5-11/h4,6H,2-3,5,11H2,1H3,(H,12,13). The first-order chi connectivity index (χ1) is 7.69. The van der Waals surface area contributed by atoms with Crippen molar-refractivity contribution in [3.63, 3.8) is 0 Å². The van der Waals surface area contributed by atoms with Crippen LogP contribution in [0.1, 0.15) is 22.5 Å². The highest BCUT2D eigenvalue weighted by atomic mass is 32.1. The summed E-state index contributed by atoms with van der Waals surface area (Å²) < 4.78 is 4.60. The Balaban J connectivity index is 2.63. The molecule has 88 valence electrons. The minimum Gasteiger partial charge on any atom is -0.465 e. The van der Waals surface area contributed by atoms with E-state index in [2.05, 4.69) is 10.1 Å². The van der Waals surface area contributed by atoms with Crippen molar-refractivity contribution < 1.29 is 14.3 Å². The van der Waals surface area contributed by atoms with E-state index in [1.807, 2.05) is 0 Å². The fourth-order valence-corrected chi connectivity index (χ4v) is 1.90. The molecular formula is C10H14N2O3S. The first-order valence-corrected chi connectivity index (χ1v) is 5.72. The Kier molecular flexibility index (Phi) is 4.94. The van der Waals surface area contributed by atoms with Crippen LogP contribution in [-0.4, -0.2) is 25.5 Å². The lowest BCUT2D eigenvalue weighted by Crippen LogP contribution is -2.15. The Morgan fingerprint density at radius 2 is 2.31 bits per heavy atom. The molecule has 0 fully saturated rings. The number of nitrogens with one attached hydrogen (secondary N) is 1. The Morgan fingerprint density at radius 1 is 1.56 bits per heavy atom. The summed E-state index contributed by atoms with van der Waals surface area (Å²) in [6.07, 6.45) is 0.983. The third-order valence-electron chi connectivity index (χ3n) is 1.92. The summed E-state index contributed by atoms with van der Waals surface area (Å²) in [5, 5.41) is 4.38. The van der Waals surface area contributed by atoms with Crippen molar-refractivity contribution in [2.75, 3.05) is 19.0 Å². The zero-order valence-electron chi connectivity index (χ0n) is 8.99. The van der Waals surface area contributed by atoms with Gasteiger partial charge in [-0.1, -0.05) is 0 Å². The Labute approximate surface area is 97.6 Å². The van der Waals surface area contributed by atoms with Gasteiger partial charge in [0.2, 0.25) is 5.91 Å². The fourth-order valence-electron chi connectivity index (χ4n) is 1.13. The summed E-state index contributed by atoms with van der Waals surface area (Å²) in [5.74, 6) is -0.585. The van der Waals surface area contributed by atoms with E-state index in [-0.39, 0.29) is 5.91 Å². The molecule has 1 heterocycles. The van der Waals surface area contributed by atoms with Gasteiger partial charge in [-0.15, -0.1) is 11.3 Å². The Hall–Kier alpha value is -1.40. The number of rotatable bonds is 5. The van der Waals surface area contributed by atoms with E-state index in [0.717, 1.165) is 0 Å². The van der Waals surface area contributed by atoms with Crippen molar-refractivity contribution in [3.05, 3.63) is 16.3 Å². The van der Waals surface area contributed by atoms with E-state index in [9.17, 15) is 9.59 Å². The summed E-state index contributed by atoms with van der Waals surface area (Å²) in [5.41, 5.74) is 5.80. The lowest BCUT2D eigenvalue weighted by Gasteiger charge is -2.04. The van der Waals surface area contributed by atoms with Gasteiger partial charge in [0.05, 0.1) is 12.8 Å². The molecule has 0 radical (unpaired) electrons. The van der Waals surface area contributed by atoms with E-state index in [4.69, 9.17) is 5.73 Å². The number of carbonyl (C=O) groups is 2. The molecule has 0 aliphatic carbocycles. The average molecular weight is 242 g/mol. The minimum absolute atomic E-state index is 0.144. The van der Waals surface area contributed by atoms with Gasteiger partial charge in [-0.25, -0.2) is 4.79 Å². The second-order valence-electron chi connectivity index (χ2n) is 3.10. The maximum atomic E-state index is 11.4. The maximum Gasteiger partial charge on any atom is 0.350 e. The molecule has 6 heteroatoms. The van der Waals surface area contributed by atoms with Crippen LogP contribution in [0.15, 0.2) is 11.4 Å². The molecule has 1 aromatic heterocycles. The van der Waals surface area contributed by atoms with Gasteiger partial charge >= 0.3 is 5.97 Å². The van der Waals surface area contributed by atoms with Gasteiger partial charge in [-0.05, 0) is 24.4 Å². The van der Waals surface area contributed by atoms with Gasteiger partial charge in [0.1, 0.15) is 4.88 Å². The SMILES string of the molecule is COC(=O)c1sccc1NC(=O)CCCN. The molecule has 1 rings (SSSR count). The topological polar surface area (TPSA) is 81.4 Å². The summed E-state index contributed by atoms with van der Waals surface area (Å²) >= 11 is 1.23. The van der Waals surface area contributed by atoms with Gasteiger partial charge in [0.25, 0.3) is 0 Å². The summed E-state index contributed by atoms with van der Waals surface area (Å²) in [4.78, 5) is 23.1. The van der Waals surface area contributed by atoms with Gasteiger partial charge in [0.15, 0.2) is 0 Å². The van der Waals surface area contributed by atoms with Gasteiger partial charge in [-0.2, -0.15) is 0 Å². The van der Waals surface area contributed by atoms with E-state index in [1.165, 1.54) is 18.4 Å². The van der Waals surface area contributed by atoms with Crippen LogP contribution in [0.5, 0.6) is 0 Å². The molecule has 5 nitrogen and oxygen atoms in total. The molecule has 0 atom stereocenters. The number of ether oxygens (including phenoxy) is 1. The molecule has 0 spiro atoms. The van der Waals surface area contributed by atoms with Gasteiger partial charge < -0.3 is 15.8 Å². The number of amides is 1. The summed E-state index contributed by atoms with van der Waals surface area (Å²) in [6, 6.07) is 1.68. The molecule has 0 bridgehead atoms. The van der Waals surface area contributed by atoms with Crippen LogP contribution < -0.4 is 11.1 Å². The molecule has 0 saturated carbocycles. The van der Waals surface area contributed by atoms with Crippen LogP contribution in [-0.2, 0) is 9.53 Å². The number of hydrogen-bond acceptors (Lipinski definition) is 5.